The van der Waals surface area contributed by atoms with Crippen LogP contribution in [0.1, 0.15) is 47.0 Å². The van der Waals surface area contributed by atoms with Crippen molar-refractivity contribution in [1.29, 1.82) is 0 Å². The van der Waals surface area contributed by atoms with Crippen LogP contribution in [0.15, 0.2) is 22.7 Å². The number of rotatable bonds is 2. The molecule has 1 saturated heterocycles. The smallest absolute Gasteiger partial charge is 0.322 e. The van der Waals surface area contributed by atoms with Crippen molar-refractivity contribution < 1.29 is 9.32 Å². The van der Waals surface area contributed by atoms with E-state index in [-0.39, 0.29) is 12.1 Å². The molecule has 1 aliphatic rings. The number of carbonyl (C=O) groups is 1. The van der Waals surface area contributed by atoms with E-state index in [9.17, 15) is 4.79 Å². The molecule has 2 aromatic rings. The Morgan fingerprint density at radius 3 is 2.70 bits per heavy atom. The molecule has 1 aromatic carbocycles. The largest absolute Gasteiger partial charge is 0.361 e. The van der Waals surface area contributed by atoms with Gasteiger partial charge in [0.1, 0.15) is 5.76 Å². The van der Waals surface area contributed by atoms with Crippen molar-refractivity contribution >= 4 is 11.7 Å². The number of likely N-dealkylation sites (tertiary alicyclic amines) is 1. The number of amides is 2. The summed E-state index contributed by atoms with van der Waals surface area (Å²) in [5, 5.41) is 7.05. The van der Waals surface area contributed by atoms with Crippen LogP contribution in [0.4, 0.5) is 10.5 Å². The summed E-state index contributed by atoms with van der Waals surface area (Å²) in [5.74, 6) is 0.804. The number of aromatic nitrogens is 1. The fourth-order valence-electron chi connectivity index (χ4n) is 3.29. The first-order chi connectivity index (χ1) is 11.0. The molecule has 23 heavy (non-hydrogen) atoms. The van der Waals surface area contributed by atoms with E-state index in [1.165, 1.54) is 11.1 Å². The van der Waals surface area contributed by atoms with E-state index in [2.05, 4.69) is 17.4 Å². The summed E-state index contributed by atoms with van der Waals surface area (Å²) in [6, 6.07) is 5.97. The first-order valence-electron chi connectivity index (χ1n) is 8.05. The molecule has 1 N–H and O–H groups in total. The van der Waals surface area contributed by atoms with Crippen LogP contribution < -0.4 is 5.32 Å². The van der Waals surface area contributed by atoms with Crippen LogP contribution >= 0.6 is 0 Å². The summed E-state index contributed by atoms with van der Waals surface area (Å²) in [4.78, 5) is 14.6. The summed E-state index contributed by atoms with van der Waals surface area (Å²) in [5.41, 5.74) is 5.16. The molecule has 0 spiro atoms. The zero-order valence-corrected chi connectivity index (χ0v) is 14.1. The van der Waals surface area contributed by atoms with Crippen LogP contribution in [-0.2, 0) is 0 Å². The minimum absolute atomic E-state index is 0.0489. The highest BCUT2D eigenvalue weighted by atomic mass is 16.5. The third-order valence-corrected chi connectivity index (χ3v) is 4.69. The van der Waals surface area contributed by atoms with E-state index >= 15 is 0 Å². The summed E-state index contributed by atoms with van der Waals surface area (Å²) in [7, 11) is 0. The SMILES string of the molecule is Cc1ccc(NC(=O)N2CCC[C@@H]2c2c(C)noc2C)cc1C. The van der Waals surface area contributed by atoms with Crippen LogP contribution in [0.2, 0.25) is 0 Å². The van der Waals surface area contributed by atoms with Gasteiger partial charge >= 0.3 is 6.03 Å². The summed E-state index contributed by atoms with van der Waals surface area (Å²) in [6.07, 6.45) is 1.94. The van der Waals surface area contributed by atoms with Gasteiger partial charge in [-0.15, -0.1) is 0 Å². The standard InChI is InChI=1S/C18H23N3O2/c1-11-7-8-15(10-12(11)2)19-18(22)21-9-5-6-16(21)17-13(3)20-23-14(17)4/h7-8,10,16H,5-6,9H2,1-4H3,(H,19,22)/t16-/m1/s1. The Labute approximate surface area is 136 Å². The number of hydrogen-bond acceptors (Lipinski definition) is 3. The molecule has 2 heterocycles. The maximum Gasteiger partial charge on any atom is 0.322 e. The predicted octanol–water partition coefficient (Wildman–Crippen LogP) is 4.28. The lowest BCUT2D eigenvalue weighted by atomic mass is 10.0. The van der Waals surface area contributed by atoms with Crippen molar-refractivity contribution in [2.45, 2.75) is 46.6 Å². The van der Waals surface area contributed by atoms with E-state index in [4.69, 9.17) is 4.52 Å². The van der Waals surface area contributed by atoms with Crippen molar-refractivity contribution in [3.63, 3.8) is 0 Å². The molecule has 0 unspecified atom stereocenters. The van der Waals surface area contributed by atoms with Crippen LogP contribution in [0, 0.1) is 27.7 Å². The van der Waals surface area contributed by atoms with Crippen LogP contribution in [0.5, 0.6) is 0 Å². The van der Waals surface area contributed by atoms with Crippen molar-refractivity contribution in [2.24, 2.45) is 0 Å². The molecule has 1 fully saturated rings. The van der Waals surface area contributed by atoms with Gasteiger partial charge in [-0.25, -0.2) is 4.79 Å². The maximum atomic E-state index is 12.7. The normalized spacial score (nSPS) is 17.6. The summed E-state index contributed by atoms with van der Waals surface area (Å²) in [6.45, 7) is 8.71. The molecule has 122 valence electrons. The van der Waals surface area contributed by atoms with Gasteiger partial charge in [0.15, 0.2) is 0 Å². The van der Waals surface area contributed by atoms with Gasteiger partial charge < -0.3 is 14.7 Å². The first kappa shape index (κ1) is 15.6. The molecular formula is C18H23N3O2. The molecule has 5 nitrogen and oxygen atoms in total. The Bertz CT molecular complexity index is 716. The third kappa shape index (κ3) is 2.96. The Morgan fingerprint density at radius 1 is 1.26 bits per heavy atom. The van der Waals surface area contributed by atoms with Gasteiger partial charge in [-0.05, 0) is 63.8 Å². The first-order valence-corrected chi connectivity index (χ1v) is 8.05. The number of nitrogens with one attached hydrogen (secondary N) is 1. The molecule has 1 atom stereocenters. The highest BCUT2D eigenvalue weighted by molar-refractivity contribution is 5.90. The zero-order chi connectivity index (χ0) is 16.6. The van der Waals surface area contributed by atoms with Crippen LogP contribution in [-0.4, -0.2) is 22.6 Å². The monoisotopic (exact) mass is 313 g/mol. The topological polar surface area (TPSA) is 58.4 Å². The van der Waals surface area contributed by atoms with Gasteiger partial charge in [0.25, 0.3) is 0 Å². The van der Waals surface area contributed by atoms with Gasteiger partial charge in [0.2, 0.25) is 0 Å². The molecule has 2 amide bonds. The predicted molar refractivity (Wildman–Crippen MR) is 89.6 cm³/mol. The van der Waals surface area contributed by atoms with E-state index in [1.807, 2.05) is 43.9 Å². The number of benzene rings is 1. The Balaban J connectivity index is 1.79. The minimum Gasteiger partial charge on any atom is -0.361 e. The van der Waals surface area contributed by atoms with E-state index in [1.54, 1.807) is 0 Å². The molecule has 0 aliphatic carbocycles. The Morgan fingerprint density at radius 2 is 2.04 bits per heavy atom. The van der Waals surface area contributed by atoms with Crippen molar-refractivity contribution in [3.05, 3.63) is 46.3 Å². The highest BCUT2D eigenvalue weighted by Crippen LogP contribution is 2.35. The average Bonchev–Trinajstić information content (AvgIpc) is 3.09. The quantitative estimate of drug-likeness (QED) is 0.900. The molecule has 1 aromatic heterocycles. The van der Waals surface area contributed by atoms with Crippen LogP contribution in [0.25, 0.3) is 0 Å². The fraction of sp³-hybridized carbons (Fsp3) is 0.444. The molecule has 0 radical (unpaired) electrons. The Kier molecular flexibility index (Phi) is 4.11. The third-order valence-electron chi connectivity index (χ3n) is 4.69. The van der Waals surface area contributed by atoms with Gasteiger partial charge in [-0.3, -0.25) is 0 Å². The highest BCUT2D eigenvalue weighted by Gasteiger charge is 2.33. The number of anilines is 1. The lowest BCUT2D eigenvalue weighted by Gasteiger charge is -2.25. The number of urea groups is 1. The lowest BCUT2D eigenvalue weighted by Crippen LogP contribution is -2.34. The number of nitrogens with zero attached hydrogens (tertiary/aromatic N) is 2. The second-order valence-corrected chi connectivity index (χ2v) is 6.32. The summed E-state index contributed by atoms with van der Waals surface area (Å²) < 4.78 is 5.27. The number of carbonyl (C=O) groups excluding carboxylic acids is 1. The average molecular weight is 313 g/mol. The fourth-order valence-corrected chi connectivity index (χ4v) is 3.29. The minimum atomic E-state index is -0.0595. The molecule has 0 saturated carbocycles. The number of hydrogen-bond donors (Lipinski definition) is 1. The molecular weight excluding hydrogens is 290 g/mol. The van der Waals surface area contributed by atoms with Gasteiger partial charge in [0.05, 0.1) is 11.7 Å². The second kappa shape index (κ2) is 6.07. The van der Waals surface area contributed by atoms with Crippen molar-refractivity contribution in [3.8, 4) is 0 Å². The van der Waals surface area contributed by atoms with Crippen LogP contribution in [0.3, 0.4) is 0 Å². The molecule has 0 bridgehead atoms. The van der Waals surface area contributed by atoms with Crippen molar-refractivity contribution in [2.75, 3.05) is 11.9 Å². The summed E-state index contributed by atoms with van der Waals surface area (Å²) >= 11 is 0. The molecule has 3 rings (SSSR count). The second-order valence-electron chi connectivity index (χ2n) is 6.32. The van der Waals surface area contributed by atoms with E-state index < -0.39 is 0 Å². The zero-order valence-electron chi connectivity index (χ0n) is 14.1. The maximum absolute atomic E-state index is 12.7. The van der Waals surface area contributed by atoms with Gasteiger partial charge in [0, 0.05) is 17.8 Å². The number of aryl methyl sites for hydroxylation is 4. The molecule has 5 heteroatoms. The van der Waals surface area contributed by atoms with E-state index in [0.717, 1.165) is 42.1 Å². The van der Waals surface area contributed by atoms with Crippen molar-refractivity contribution in [1.82, 2.24) is 10.1 Å². The Hall–Kier alpha value is -2.30. The van der Waals surface area contributed by atoms with E-state index in [0.29, 0.717) is 0 Å². The lowest BCUT2D eigenvalue weighted by molar-refractivity contribution is 0.206. The molecule has 1 aliphatic heterocycles. The van der Waals surface area contributed by atoms with Gasteiger partial charge in [-0.1, -0.05) is 11.2 Å². The van der Waals surface area contributed by atoms with Gasteiger partial charge in [-0.2, -0.15) is 0 Å².